The maximum Gasteiger partial charge on any atom is 0.410 e. The van der Waals surface area contributed by atoms with Crippen LogP contribution < -0.4 is 10.2 Å². The van der Waals surface area contributed by atoms with E-state index in [2.05, 4.69) is 28.2 Å². The van der Waals surface area contributed by atoms with Gasteiger partial charge in [0.15, 0.2) is 0 Å². The Bertz CT molecular complexity index is 969. The molecule has 2 saturated heterocycles. The molecule has 34 heavy (non-hydrogen) atoms. The van der Waals surface area contributed by atoms with E-state index in [-0.39, 0.29) is 24.3 Å². The molecule has 3 aliphatic heterocycles. The monoisotopic (exact) mass is 470 g/mol. The minimum absolute atomic E-state index is 0.0562. The van der Waals surface area contributed by atoms with E-state index >= 15 is 0 Å². The van der Waals surface area contributed by atoms with Crippen molar-refractivity contribution in [3.8, 4) is 6.07 Å². The molecule has 1 N–H and O–H groups in total. The molecule has 4 heterocycles. The van der Waals surface area contributed by atoms with Crippen LogP contribution in [-0.2, 0) is 16.0 Å². The zero-order chi connectivity index (χ0) is 24.6. The fraction of sp³-hybridized carbons (Fsp3) is 0.720. The number of anilines is 1. The summed E-state index contributed by atoms with van der Waals surface area (Å²) in [6, 6.07) is 2.61. The molecule has 1 aromatic rings. The van der Waals surface area contributed by atoms with Crippen LogP contribution in [0.1, 0.15) is 75.2 Å². The van der Waals surface area contributed by atoms with Gasteiger partial charge in [-0.05, 0) is 54.1 Å². The van der Waals surface area contributed by atoms with E-state index in [0.29, 0.717) is 38.3 Å². The van der Waals surface area contributed by atoms with Crippen LogP contribution >= 0.6 is 0 Å². The number of rotatable bonds is 3. The molecule has 3 atom stereocenters. The summed E-state index contributed by atoms with van der Waals surface area (Å²) >= 11 is 0. The average Bonchev–Trinajstić information content (AvgIpc) is 3.21. The highest BCUT2D eigenvalue weighted by Crippen LogP contribution is 2.42. The van der Waals surface area contributed by atoms with E-state index in [9.17, 15) is 10.1 Å². The first-order chi connectivity index (χ1) is 16.1. The number of carbonyl (C=O) groups excluding carboxylic acids is 1. The fourth-order valence-electron chi connectivity index (χ4n) is 5.44. The molecule has 4 rings (SSSR count). The third kappa shape index (κ3) is 4.72. The van der Waals surface area contributed by atoms with E-state index in [1.54, 1.807) is 12.0 Å². The molecule has 0 bridgehead atoms. The van der Waals surface area contributed by atoms with E-state index in [1.165, 1.54) is 0 Å². The second kappa shape index (κ2) is 9.68. The Kier molecular flexibility index (Phi) is 7.04. The molecular formula is C25H38N6O3. The summed E-state index contributed by atoms with van der Waals surface area (Å²) < 4.78 is 11.5. The number of ether oxygens (including phenoxy) is 2. The highest BCUT2D eigenvalue weighted by molar-refractivity contribution is 5.72. The Morgan fingerprint density at radius 3 is 2.62 bits per heavy atom. The predicted molar refractivity (Wildman–Crippen MR) is 130 cm³/mol. The minimum atomic E-state index is -0.535. The molecule has 0 radical (unpaired) electrons. The number of nitriles is 1. The smallest absolute Gasteiger partial charge is 0.410 e. The number of hydrogen-bond donors (Lipinski definition) is 1. The predicted octanol–water partition coefficient (Wildman–Crippen LogP) is 2.96. The van der Waals surface area contributed by atoms with Crippen LogP contribution in [0, 0.1) is 11.3 Å². The van der Waals surface area contributed by atoms with Crippen molar-refractivity contribution in [1.29, 1.82) is 5.26 Å². The van der Waals surface area contributed by atoms with Crippen LogP contribution in [-0.4, -0.2) is 79.4 Å². The van der Waals surface area contributed by atoms with Crippen LogP contribution in [0.15, 0.2) is 0 Å². The Balaban J connectivity index is 1.74. The van der Waals surface area contributed by atoms with Crippen molar-refractivity contribution >= 4 is 11.8 Å². The Morgan fingerprint density at radius 2 is 2.03 bits per heavy atom. The molecule has 9 nitrogen and oxygen atoms in total. The quantitative estimate of drug-likeness (QED) is 0.721. The van der Waals surface area contributed by atoms with Crippen LogP contribution in [0.25, 0.3) is 0 Å². The summed E-state index contributed by atoms with van der Waals surface area (Å²) in [4.78, 5) is 24.2. The van der Waals surface area contributed by atoms with E-state index in [4.69, 9.17) is 14.5 Å². The topological polar surface area (TPSA) is 94.0 Å². The van der Waals surface area contributed by atoms with Gasteiger partial charge in [-0.15, -0.1) is 0 Å². The van der Waals surface area contributed by atoms with Crippen molar-refractivity contribution < 1.29 is 14.3 Å². The maximum atomic E-state index is 12.8. The summed E-state index contributed by atoms with van der Waals surface area (Å²) in [7, 11) is 3.82. The molecule has 1 aromatic heterocycles. The normalized spacial score (nSPS) is 25.7. The van der Waals surface area contributed by atoms with Gasteiger partial charge in [0.1, 0.15) is 11.7 Å². The zero-order valence-electron chi connectivity index (χ0n) is 21.3. The van der Waals surface area contributed by atoms with Crippen LogP contribution in [0.4, 0.5) is 10.5 Å². The molecule has 1 amide bonds. The number of methoxy groups -OCH3 is 1. The number of nitrogens with one attached hydrogen (secondary N) is 1. The highest BCUT2D eigenvalue weighted by atomic mass is 16.6. The third-order valence-electron chi connectivity index (χ3n) is 7.06. The fourth-order valence-corrected chi connectivity index (χ4v) is 5.44. The Labute approximate surface area is 203 Å². The standard InChI is InChI=1S/C25H38N6O3/c1-16-15-30(10-11-31(16)24(32)34-25(2,3)4)23-17(12-26)22(19-8-7-9-29(19)5)28-18-13-27-14-20(33-6)21(18)23/h16,19-20,27H,7-11,13-15H2,1-6H3/t16-,19-,20?/m0/s1. The molecule has 3 aliphatic rings. The van der Waals surface area contributed by atoms with Crippen molar-refractivity contribution in [1.82, 2.24) is 20.1 Å². The van der Waals surface area contributed by atoms with Crippen molar-refractivity contribution in [2.45, 2.75) is 70.9 Å². The third-order valence-corrected chi connectivity index (χ3v) is 7.06. The van der Waals surface area contributed by atoms with Gasteiger partial charge in [0.25, 0.3) is 0 Å². The first-order valence-electron chi connectivity index (χ1n) is 12.3. The lowest BCUT2D eigenvalue weighted by molar-refractivity contribution is 0.0158. The number of nitrogens with zero attached hydrogens (tertiary/aromatic N) is 5. The molecule has 0 saturated carbocycles. The van der Waals surface area contributed by atoms with Gasteiger partial charge in [-0.25, -0.2) is 4.79 Å². The summed E-state index contributed by atoms with van der Waals surface area (Å²) in [5, 5.41) is 13.8. The molecule has 0 aromatic carbocycles. The van der Waals surface area contributed by atoms with Crippen molar-refractivity contribution in [3.63, 3.8) is 0 Å². The Morgan fingerprint density at radius 1 is 1.26 bits per heavy atom. The van der Waals surface area contributed by atoms with E-state index in [0.717, 1.165) is 42.0 Å². The number of pyridine rings is 1. The average molecular weight is 471 g/mol. The lowest BCUT2D eigenvalue weighted by Gasteiger charge is -2.43. The molecular weight excluding hydrogens is 432 g/mol. The summed E-state index contributed by atoms with van der Waals surface area (Å²) in [6.45, 7) is 11.8. The highest BCUT2D eigenvalue weighted by Gasteiger charge is 2.38. The Hall–Kier alpha value is -2.41. The van der Waals surface area contributed by atoms with Gasteiger partial charge < -0.3 is 24.6 Å². The zero-order valence-corrected chi connectivity index (χ0v) is 21.3. The molecule has 0 spiro atoms. The van der Waals surface area contributed by atoms with Crippen LogP contribution in [0.5, 0.6) is 0 Å². The number of likely N-dealkylation sites (tertiary alicyclic amines) is 1. The second-order valence-corrected chi connectivity index (χ2v) is 10.7. The lowest BCUT2D eigenvalue weighted by atomic mass is 9.92. The minimum Gasteiger partial charge on any atom is -0.444 e. The van der Waals surface area contributed by atoms with E-state index in [1.807, 2.05) is 27.7 Å². The molecule has 0 aliphatic carbocycles. The molecule has 9 heteroatoms. The molecule has 186 valence electrons. The SMILES string of the molecule is COC1CNCc2nc([C@@H]3CCCN3C)c(C#N)c(N3CCN(C(=O)OC(C)(C)C)[C@@H](C)C3)c21. The van der Waals surface area contributed by atoms with Gasteiger partial charge >= 0.3 is 6.09 Å². The summed E-state index contributed by atoms with van der Waals surface area (Å²) in [5.41, 5.74) is 3.90. The lowest BCUT2D eigenvalue weighted by Crippen LogP contribution is -2.55. The van der Waals surface area contributed by atoms with Gasteiger partial charge in [0.05, 0.1) is 34.8 Å². The largest absolute Gasteiger partial charge is 0.444 e. The first kappa shape index (κ1) is 24.7. The van der Waals surface area contributed by atoms with Gasteiger partial charge in [0, 0.05) is 51.4 Å². The van der Waals surface area contributed by atoms with Gasteiger partial charge in [-0.3, -0.25) is 9.88 Å². The molecule has 1 unspecified atom stereocenters. The number of carbonyl (C=O) groups is 1. The maximum absolute atomic E-state index is 12.8. The number of piperazine rings is 1. The number of amides is 1. The van der Waals surface area contributed by atoms with Gasteiger partial charge in [-0.1, -0.05) is 0 Å². The van der Waals surface area contributed by atoms with Crippen molar-refractivity contribution in [3.05, 3.63) is 22.5 Å². The van der Waals surface area contributed by atoms with Gasteiger partial charge in [0.2, 0.25) is 0 Å². The van der Waals surface area contributed by atoms with Crippen molar-refractivity contribution in [2.24, 2.45) is 0 Å². The first-order valence-corrected chi connectivity index (χ1v) is 12.3. The molecule has 2 fully saturated rings. The summed E-state index contributed by atoms with van der Waals surface area (Å²) in [5.74, 6) is 0. The summed E-state index contributed by atoms with van der Waals surface area (Å²) in [6.07, 6.45) is 1.64. The number of hydrogen-bond acceptors (Lipinski definition) is 8. The van der Waals surface area contributed by atoms with Crippen molar-refractivity contribution in [2.75, 3.05) is 51.8 Å². The van der Waals surface area contributed by atoms with Crippen LogP contribution in [0.2, 0.25) is 0 Å². The van der Waals surface area contributed by atoms with Gasteiger partial charge in [-0.2, -0.15) is 5.26 Å². The van der Waals surface area contributed by atoms with Crippen LogP contribution in [0.3, 0.4) is 0 Å². The van der Waals surface area contributed by atoms with E-state index < -0.39 is 5.60 Å². The second-order valence-electron chi connectivity index (χ2n) is 10.7. The number of fused-ring (bicyclic) bond motifs is 1. The number of aromatic nitrogens is 1.